The summed E-state index contributed by atoms with van der Waals surface area (Å²) in [5.41, 5.74) is -2.63. The minimum atomic E-state index is -4.91. The van der Waals surface area contributed by atoms with Crippen LogP contribution in [-0.2, 0) is 21.9 Å². The van der Waals surface area contributed by atoms with Crippen LogP contribution >= 0.6 is 0 Å². The van der Waals surface area contributed by atoms with Crippen LogP contribution in [0.5, 0.6) is 0 Å². The number of rotatable bonds is 2. The molecule has 1 aromatic carbocycles. The third-order valence-electron chi connectivity index (χ3n) is 10.2. The van der Waals surface area contributed by atoms with Crippen molar-refractivity contribution in [2.75, 3.05) is 5.32 Å². The topological polar surface area (TPSA) is 46.2 Å². The van der Waals surface area contributed by atoms with E-state index in [2.05, 4.69) is 12.2 Å². The molecule has 37 heavy (non-hydrogen) atoms. The first-order valence-electron chi connectivity index (χ1n) is 13.0. The number of allylic oxidation sites excluding steroid dienone is 1. The average Bonchev–Trinajstić information content (AvgIpc) is 3.15. The molecule has 3 nitrogen and oxygen atoms in total. The van der Waals surface area contributed by atoms with Gasteiger partial charge in [0.15, 0.2) is 5.78 Å². The van der Waals surface area contributed by atoms with Gasteiger partial charge in [0.2, 0.25) is 5.91 Å². The van der Waals surface area contributed by atoms with E-state index < -0.39 is 46.4 Å². The Kier molecular flexibility index (Phi) is 6.11. The SMILES string of the molecule is C[C@]12CC[C@H]3[C@@H](CCC4=CC(=O)CC[C@@]43C)[C@@H]1CC[C@@H]2C(=O)Nc1cc(C(F)(F)F)ccc1C(F)(F)F. The minimum absolute atomic E-state index is 0.0435. The van der Waals surface area contributed by atoms with Gasteiger partial charge in [-0.1, -0.05) is 19.4 Å². The molecule has 4 aliphatic rings. The Morgan fingerprint density at radius 1 is 0.919 bits per heavy atom. The lowest BCUT2D eigenvalue weighted by atomic mass is 9.47. The van der Waals surface area contributed by atoms with Crippen molar-refractivity contribution in [2.24, 2.45) is 34.5 Å². The number of hydrogen-bond acceptors (Lipinski definition) is 2. The van der Waals surface area contributed by atoms with Gasteiger partial charge in [0.1, 0.15) is 0 Å². The van der Waals surface area contributed by atoms with Crippen LogP contribution in [0.1, 0.15) is 76.3 Å². The van der Waals surface area contributed by atoms with Crippen LogP contribution in [0.15, 0.2) is 29.8 Å². The molecule has 0 saturated heterocycles. The van der Waals surface area contributed by atoms with Crippen molar-refractivity contribution in [3.63, 3.8) is 0 Å². The monoisotopic (exact) mass is 527 g/mol. The van der Waals surface area contributed by atoms with Gasteiger partial charge < -0.3 is 5.32 Å². The summed E-state index contributed by atoms with van der Waals surface area (Å²) in [6, 6.07) is 1.15. The van der Waals surface area contributed by atoms with E-state index >= 15 is 0 Å². The molecular weight excluding hydrogens is 496 g/mol. The molecule has 4 aliphatic carbocycles. The predicted octanol–water partition coefficient (Wildman–Crippen LogP) is 7.81. The molecule has 0 unspecified atom stereocenters. The Balaban J connectivity index is 1.40. The largest absolute Gasteiger partial charge is 0.418 e. The summed E-state index contributed by atoms with van der Waals surface area (Å²) >= 11 is 0. The van der Waals surface area contributed by atoms with E-state index in [0.29, 0.717) is 42.9 Å². The summed E-state index contributed by atoms with van der Waals surface area (Å²) in [6.07, 6.45) is -1.96. The van der Waals surface area contributed by atoms with E-state index in [9.17, 15) is 35.9 Å². The molecule has 3 saturated carbocycles. The number of halogens is 6. The van der Waals surface area contributed by atoms with Gasteiger partial charge >= 0.3 is 12.4 Å². The highest BCUT2D eigenvalue weighted by Gasteiger charge is 2.60. The van der Waals surface area contributed by atoms with Crippen LogP contribution in [0, 0.1) is 34.5 Å². The number of ketones is 1. The highest BCUT2D eigenvalue weighted by atomic mass is 19.4. The zero-order valence-corrected chi connectivity index (χ0v) is 20.9. The molecule has 5 rings (SSSR count). The van der Waals surface area contributed by atoms with Gasteiger partial charge in [0.05, 0.1) is 16.8 Å². The molecule has 0 radical (unpaired) electrons. The van der Waals surface area contributed by atoms with E-state index in [4.69, 9.17) is 0 Å². The van der Waals surface area contributed by atoms with Gasteiger partial charge in [-0.3, -0.25) is 9.59 Å². The molecule has 0 aliphatic heterocycles. The molecule has 0 heterocycles. The van der Waals surface area contributed by atoms with Crippen molar-refractivity contribution in [1.82, 2.24) is 0 Å². The summed E-state index contributed by atoms with van der Waals surface area (Å²) in [4.78, 5) is 25.4. The zero-order valence-electron chi connectivity index (χ0n) is 20.9. The number of alkyl halides is 6. The molecule has 1 N–H and O–H groups in total. The van der Waals surface area contributed by atoms with Crippen LogP contribution in [0.4, 0.5) is 32.0 Å². The van der Waals surface area contributed by atoms with Gasteiger partial charge in [0.25, 0.3) is 0 Å². The predicted molar refractivity (Wildman–Crippen MR) is 125 cm³/mol. The number of benzene rings is 1. The Hall–Kier alpha value is -2.32. The van der Waals surface area contributed by atoms with Crippen molar-refractivity contribution in [1.29, 1.82) is 0 Å². The van der Waals surface area contributed by atoms with Gasteiger partial charge in [-0.25, -0.2) is 0 Å². The maximum absolute atomic E-state index is 13.6. The number of anilines is 1. The second kappa shape index (κ2) is 8.60. The van der Waals surface area contributed by atoms with Crippen molar-refractivity contribution in [3.05, 3.63) is 41.0 Å². The fraction of sp³-hybridized carbons (Fsp3) is 0.643. The Labute approximate surface area is 212 Å². The normalized spacial score (nSPS) is 35.8. The van der Waals surface area contributed by atoms with Crippen LogP contribution in [0.3, 0.4) is 0 Å². The molecule has 9 heteroatoms. The number of carbonyl (C=O) groups excluding carboxylic acids is 2. The minimum Gasteiger partial charge on any atom is -0.325 e. The summed E-state index contributed by atoms with van der Waals surface area (Å²) in [5.74, 6) is -0.0866. The third-order valence-corrected chi connectivity index (χ3v) is 10.2. The van der Waals surface area contributed by atoms with E-state index in [1.165, 1.54) is 5.57 Å². The second-order valence-corrected chi connectivity index (χ2v) is 11.9. The first-order chi connectivity index (χ1) is 17.1. The Bertz CT molecular complexity index is 1150. The molecule has 0 spiro atoms. The molecule has 0 aromatic heterocycles. The lowest BCUT2D eigenvalue weighted by Crippen LogP contribution is -2.51. The number of fused-ring (bicyclic) bond motifs is 5. The van der Waals surface area contributed by atoms with E-state index in [0.717, 1.165) is 38.5 Å². The first kappa shape index (κ1) is 26.3. The lowest BCUT2D eigenvalue weighted by molar-refractivity contribution is -0.141. The van der Waals surface area contributed by atoms with Gasteiger partial charge in [-0.15, -0.1) is 0 Å². The Morgan fingerprint density at radius 2 is 1.65 bits per heavy atom. The maximum Gasteiger partial charge on any atom is 0.418 e. The van der Waals surface area contributed by atoms with Crippen LogP contribution < -0.4 is 5.32 Å². The molecule has 1 amide bonds. The number of carbonyl (C=O) groups is 2. The van der Waals surface area contributed by atoms with Crippen molar-refractivity contribution >= 4 is 17.4 Å². The summed E-state index contributed by atoms with van der Waals surface area (Å²) in [7, 11) is 0. The van der Waals surface area contributed by atoms with Crippen molar-refractivity contribution in [2.45, 2.75) is 77.6 Å². The van der Waals surface area contributed by atoms with Crippen LogP contribution in [-0.4, -0.2) is 11.7 Å². The van der Waals surface area contributed by atoms with E-state index in [-0.39, 0.29) is 17.1 Å². The third kappa shape index (κ3) is 4.30. The highest BCUT2D eigenvalue weighted by Crippen LogP contribution is 2.66. The molecule has 0 bridgehead atoms. The quantitative estimate of drug-likeness (QED) is 0.399. The summed E-state index contributed by atoms with van der Waals surface area (Å²) in [5, 5.41) is 2.25. The van der Waals surface area contributed by atoms with Gasteiger partial charge in [0, 0.05) is 12.3 Å². The molecule has 6 atom stereocenters. The number of hydrogen-bond donors (Lipinski definition) is 1. The number of amides is 1. The van der Waals surface area contributed by atoms with E-state index in [1.54, 1.807) is 0 Å². The summed E-state index contributed by atoms with van der Waals surface area (Å²) < 4.78 is 80.4. The van der Waals surface area contributed by atoms with E-state index in [1.807, 2.05) is 13.0 Å². The fourth-order valence-corrected chi connectivity index (χ4v) is 8.28. The smallest absolute Gasteiger partial charge is 0.325 e. The average molecular weight is 528 g/mol. The molecular formula is C28H31F6NO2. The Morgan fingerprint density at radius 3 is 2.32 bits per heavy atom. The second-order valence-electron chi connectivity index (χ2n) is 11.9. The fourth-order valence-electron chi connectivity index (χ4n) is 8.28. The highest BCUT2D eigenvalue weighted by molar-refractivity contribution is 5.94. The van der Waals surface area contributed by atoms with Gasteiger partial charge in [-0.05, 0) is 97.8 Å². The standard InChI is InChI=1S/C28H31F6NO2/c1-25-11-9-17(36)13-15(25)3-5-18-19-7-8-22(26(19,2)12-10-20(18)25)24(37)35-23-14-16(27(29,30)31)4-6-21(23)28(32,33)34/h4,6,13-14,18-20,22H,3,5,7-12H2,1-2H3,(H,35,37)/t18-,19-,20-,22+,25-,26-/m0/s1. The molecule has 202 valence electrons. The van der Waals surface area contributed by atoms with Crippen molar-refractivity contribution < 1.29 is 35.9 Å². The van der Waals surface area contributed by atoms with Gasteiger partial charge in [-0.2, -0.15) is 26.3 Å². The lowest BCUT2D eigenvalue weighted by Gasteiger charge is -2.58. The van der Waals surface area contributed by atoms with Crippen LogP contribution in [0.2, 0.25) is 0 Å². The van der Waals surface area contributed by atoms with Crippen LogP contribution in [0.25, 0.3) is 0 Å². The molecule has 1 aromatic rings. The number of nitrogens with one attached hydrogen (secondary N) is 1. The summed E-state index contributed by atoms with van der Waals surface area (Å²) in [6.45, 7) is 4.27. The van der Waals surface area contributed by atoms with Crippen molar-refractivity contribution in [3.8, 4) is 0 Å². The molecule has 3 fully saturated rings. The zero-order chi connectivity index (χ0) is 27.0. The maximum atomic E-state index is 13.6. The first-order valence-corrected chi connectivity index (χ1v) is 13.0.